The average molecular weight is 210 g/mol. The number of fused-ring (bicyclic) bond motifs is 1. The number of halogens is 1. The van der Waals surface area contributed by atoms with E-state index in [2.05, 4.69) is 51.3 Å². The first-order chi connectivity index (χ1) is 5.38. The first kappa shape index (κ1) is 6.92. The van der Waals surface area contributed by atoms with Gasteiger partial charge in [0.25, 0.3) is 0 Å². The minimum absolute atomic E-state index is 0.309. The van der Waals surface area contributed by atoms with E-state index in [4.69, 9.17) is 0 Å². The summed E-state index contributed by atoms with van der Waals surface area (Å²) >= 11 is 3.54. The van der Waals surface area contributed by atoms with Crippen LogP contribution in [0, 0.1) is 0 Å². The third-order valence-corrected chi connectivity index (χ3v) is 2.47. The summed E-state index contributed by atoms with van der Waals surface area (Å²) in [5, 5.41) is 0. The molecule has 2 aliphatic rings. The molecule has 1 atom stereocenters. The Hall–Kier alpha value is -0.760. The van der Waals surface area contributed by atoms with Gasteiger partial charge in [-0.2, -0.15) is 0 Å². The van der Waals surface area contributed by atoms with Gasteiger partial charge in [0.1, 0.15) is 4.95 Å². The lowest BCUT2D eigenvalue weighted by Crippen LogP contribution is -2.25. The molecule has 1 unspecified atom stereocenters. The molecule has 2 aliphatic heterocycles. The predicted octanol–water partition coefficient (Wildman–Crippen LogP) is 2.55. The van der Waals surface area contributed by atoms with Gasteiger partial charge in [-0.15, -0.1) is 0 Å². The summed E-state index contributed by atoms with van der Waals surface area (Å²) in [4.78, 5) is 2.48. The lowest BCUT2D eigenvalue weighted by molar-refractivity contribution is 0.498. The van der Waals surface area contributed by atoms with Crippen molar-refractivity contribution in [2.75, 3.05) is 0 Å². The fraction of sp³-hybridized carbons (Fsp3) is 0.111. The van der Waals surface area contributed by atoms with Gasteiger partial charge in [0.2, 0.25) is 0 Å². The van der Waals surface area contributed by atoms with E-state index in [9.17, 15) is 0 Å². The molecule has 2 heterocycles. The van der Waals surface area contributed by atoms with Crippen LogP contribution in [0.1, 0.15) is 0 Å². The van der Waals surface area contributed by atoms with Crippen LogP contribution < -0.4 is 0 Å². The van der Waals surface area contributed by atoms with Gasteiger partial charge < -0.3 is 4.90 Å². The molecule has 0 bridgehead atoms. The van der Waals surface area contributed by atoms with Crippen LogP contribution in [0.2, 0.25) is 0 Å². The SMILES string of the molecule is BrC1C=CC=C2C=CC=CN21. The van der Waals surface area contributed by atoms with E-state index in [1.165, 1.54) is 5.70 Å². The van der Waals surface area contributed by atoms with Gasteiger partial charge in [0.05, 0.1) is 0 Å². The minimum Gasteiger partial charge on any atom is -0.331 e. The van der Waals surface area contributed by atoms with Gasteiger partial charge >= 0.3 is 0 Å². The quantitative estimate of drug-likeness (QED) is 0.438. The standard InChI is InChI=1S/C9H8BrN/c10-9-6-3-5-8-4-1-2-7-11(8)9/h1-7,9H. The Labute approximate surface area is 74.5 Å². The van der Waals surface area contributed by atoms with Crippen LogP contribution in [-0.2, 0) is 0 Å². The van der Waals surface area contributed by atoms with Crippen LogP contribution in [0.4, 0.5) is 0 Å². The van der Waals surface area contributed by atoms with E-state index in [1.54, 1.807) is 0 Å². The van der Waals surface area contributed by atoms with Crippen LogP contribution in [-0.4, -0.2) is 9.85 Å². The van der Waals surface area contributed by atoms with Gasteiger partial charge in [-0.3, -0.25) is 0 Å². The molecular weight excluding hydrogens is 202 g/mol. The molecule has 0 amide bonds. The smallest absolute Gasteiger partial charge is 0.107 e. The second kappa shape index (κ2) is 2.70. The Balaban J connectivity index is 2.35. The van der Waals surface area contributed by atoms with E-state index in [1.807, 2.05) is 12.2 Å². The van der Waals surface area contributed by atoms with Crippen LogP contribution in [0.15, 0.2) is 48.4 Å². The second-order valence-electron chi connectivity index (χ2n) is 2.46. The fourth-order valence-corrected chi connectivity index (χ4v) is 1.72. The largest absolute Gasteiger partial charge is 0.331 e. The van der Waals surface area contributed by atoms with Crippen molar-refractivity contribution in [1.82, 2.24) is 4.90 Å². The summed E-state index contributed by atoms with van der Waals surface area (Å²) in [6, 6.07) is 0. The van der Waals surface area contributed by atoms with Crippen LogP contribution >= 0.6 is 15.9 Å². The molecule has 0 aliphatic carbocycles. The molecule has 2 heteroatoms. The predicted molar refractivity (Wildman–Crippen MR) is 50.1 cm³/mol. The summed E-state index contributed by atoms with van der Waals surface area (Å²) in [5.74, 6) is 0. The molecule has 0 saturated heterocycles. The molecule has 2 rings (SSSR count). The zero-order valence-corrected chi connectivity index (χ0v) is 7.53. The van der Waals surface area contributed by atoms with E-state index in [0.717, 1.165) is 0 Å². The maximum Gasteiger partial charge on any atom is 0.107 e. The third kappa shape index (κ3) is 1.18. The molecular formula is C9H8BrN. The third-order valence-electron chi connectivity index (χ3n) is 1.73. The Bertz CT molecular complexity index is 273. The minimum atomic E-state index is 0.309. The number of alkyl halides is 1. The number of nitrogens with zero attached hydrogens (tertiary/aromatic N) is 1. The van der Waals surface area contributed by atoms with Crippen molar-refractivity contribution in [3.63, 3.8) is 0 Å². The maximum absolute atomic E-state index is 3.54. The first-order valence-electron chi connectivity index (χ1n) is 3.54. The number of allylic oxidation sites excluding steroid dienone is 5. The van der Waals surface area contributed by atoms with Gasteiger partial charge in [-0.1, -0.05) is 34.2 Å². The van der Waals surface area contributed by atoms with Crippen molar-refractivity contribution in [3.05, 3.63) is 48.4 Å². The normalized spacial score (nSPS) is 26.8. The highest BCUT2D eigenvalue weighted by Gasteiger charge is 2.14. The van der Waals surface area contributed by atoms with Crippen LogP contribution in [0.3, 0.4) is 0 Å². The highest BCUT2D eigenvalue weighted by atomic mass is 79.9. The van der Waals surface area contributed by atoms with Gasteiger partial charge in [-0.05, 0) is 18.2 Å². The highest BCUT2D eigenvalue weighted by Crippen LogP contribution is 2.23. The van der Waals surface area contributed by atoms with Gasteiger partial charge in [-0.25, -0.2) is 0 Å². The molecule has 11 heavy (non-hydrogen) atoms. The Kier molecular flexibility index (Phi) is 1.70. The molecule has 0 spiro atoms. The van der Waals surface area contributed by atoms with Crippen molar-refractivity contribution in [2.24, 2.45) is 0 Å². The molecule has 0 aromatic carbocycles. The lowest BCUT2D eigenvalue weighted by Gasteiger charge is -2.28. The van der Waals surface area contributed by atoms with Gasteiger partial charge in [0.15, 0.2) is 0 Å². The van der Waals surface area contributed by atoms with Crippen molar-refractivity contribution in [2.45, 2.75) is 4.95 Å². The molecule has 1 nitrogen and oxygen atoms in total. The summed E-state index contributed by atoms with van der Waals surface area (Å²) in [6.45, 7) is 0. The lowest BCUT2D eigenvalue weighted by atomic mass is 10.2. The molecule has 56 valence electrons. The van der Waals surface area contributed by atoms with Crippen molar-refractivity contribution in [3.8, 4) is 0 Å². The molecule has 0 saturated carbocycles. The fourth-order valence-electron chi connectivity index (χ4n) is 1.17. The zero-order chi connectivity index (χ0) is 7.68. The van der Waals surface area contributed by atoms with E-state index in [0.29, 0.717) is 4.95 Å². The molecule has 0 aromatic rings. The number of rotatable bonds is 0. The first-order valence-corrected chi connectivity index (χ1v) is 4.45. The number of hydrogen-bond donors (Lipinski definition) is 0. The Morgan fingerprint density at radius 1 is 1.27 bits per heavy atom. The summed E-state index contributed by atoms with van der Waals surface area (Å²) in [6.07, 6.45) is 14.5. The summed E-state index contributed by atoms with van der Waals surface area (Å²) in [5.41, 5.74) is 1.23. The Morgan fingerprint density at radius 3 is 3.00 bits per heavy atom. The summed E-state index contributed by atoms with van der Waals surface area (Å²) < 4.78 is 0. The van der Waals surface area contributed by atoms with Crippen LogP contribution in [0.5, 0.6) is 0 Å². The average Bonchev–Trinajstić information content (AvgIpc) is 2.06. The van der Waals surface area contributed by atoms with E-state index >= 15 is 0 Å². The monoisotopic (exact) mass is 209 g/mol. The molecule has 0 radical (unpaired) electrons. The van der Waals surface area contributed by atoms with Crippen molar-refractivity contribution < 1.29 is 0 Å². The molecule has 0 N–H and O–H groups in total. The highest BCUT2D eigenvalue weighted by molar-refractivity contribution is 9.09. The molecule has 0 fully saturated rings. The van der Waals surface area contributed by atoms with Crippen molar-refractivity contribution >= 4 is 15.9 Å². The second-order valence-corrected chi connectivity index (χ2v) is 3.40. The topological polar surface area (TPSA) is 3.24 Å². The number of hydrogen-bond acceptors (Lipinski definition) is 1. The van der Waals surface area contributed by atoms with Crippen LogP contribution in [0.25, 0.3) is 0 Å². The van der Waals surface area contributed by atoms with E-state index in [-0.39, 0.29) is 0 Å². The van der Waals surface area contributed by atoms with E-state index < -0.39 is 0 Å². The molecule has 0 aromatic heterocycles. The zero-order valence-electron chi connectivity index (χ0n) is 5.94. The summed E-state index contributed by atoms with van der Waals surface area (Å²) in [7, 11) is 0. The van der Waals surface area contributed by atoms with Gasteiger partial charge in [0, 0.05) is 11.9 Å². The maximum atomic E-state index is 3.54. The van der Waals surface area contributed by atoms with Crippen molar-refractivity contribution in [1.29, 1.82) is 0 Å². The Morgan fingerprint density at radius 2 is 2.18 bits per heavy atom.